The van der Waals surface area contributed by atoms with Crippen molar-refractivity contribution in [2.75, 3.05) is 0 Å². The van der Waals surface area contributed by atoms with Crippen LogP contribution in [0.15, 0.2) is 24.3 Å². The first kappa shape index (κ1) is 44.9. The van der Waals surface area contributed by atoms with Crippen molar-refractivity contribution in [3.8, 4) is 0 Å². The SMILES string of the molecule is CCCCCCCC/C=C\CCCCCCCC(=O)OC(=O)CCCCCCC/C=C\CCCCCCCC.O=P(O)(O)O. The summed E-state index contributed by atoms with van der Waals surface area (Å²) in [5.74, 6) is -0.684. The molecule has 0 aromatic carbocycles. The number of allylic oxidation sites excluding steroid dienone is 4. The van der Waals surface area contributed by atoms with Gasteiger partial charge in [-0.15, -0.1) is 0 Å². The average molecular weight is 645 g/mol. The van der Waals surface area contributed by atoms with Gasteiger partial charge < -0.3 is 19.4 Å². The van der Waals surface area contributed by atoms with Crippen molar-refractivity contribution in [2.45, 2.75) is 194 Å². The van der Waals surface area contributed by atoms with Gasteiger partial charge in [0.05, 0.1) is 0 Å². The van der Waals surface area contributed by atoms with E-state index in [-0.39, 0.29) is 11.9 Å². The van der Waals surface area contributed by atoms with Gasteiger partial charge in [-0.3, -0.25) is 9.59 Å². The molecule has 0 spiro atoms. The van der Waals surface area contributed by atoms with Crippen LogP contribution in [0.3, 0.4) is 0 Å². The monoisotopic (exact) mass is 644 g/mol. The second kappa shape index (κ2) is 36.2. The minimum absolute atomic E-state index is 0.342. The fraction of sp³-hybridized carbons (Fsp3) is 0.833. The molecule has 7 nitrogen and oxygen atoms in total. The Hall–Kier alpha value is -1.27. The van der Waals surface area contributed by atoms with E-state index in [0.717, 1.165) is 38.5 Å². The van der Waals surface area contributed by atoms with Crippen molar-refractivity contribution in [1.82, 2.24) is 0 Å². The lowest BCUT2D eigenvalue weighted by molar-refractivity contribution is -0.159. The lowest BCUT2D eigenvalue weighted by Crippen LogP contribution is -2.11. The Kier molecular flexibility index (Phi) is 36.9. The number of rotatable bonds is 30. The highest BCUT2D eigenvalue weighted by atomic mass is 31.2. The van der Waals surface area contributed by atoms with Crippen molar-refractivity contribution in [3.63, 3.8) is 0 Å². The van der Waals surface area contributed by atoms with E-state index < -0.39 is 7.82 Å². The van der Waals surface area contributed by atoms with Gasteiger partial charge in [0.2, 0.25) is 0 Å². The quantitative estimate of drug-likeness (QED) is 0.0234. The Morgan fingerprint density at radius 2 is 0.682 bits per heavy atom. The predicted molar refractivity (Wildman–Crippen MR) is 184 cm³/mol. The van der Waals surface area contributed by atoms with Crippen molar-refractivity contribution in [1.29, 1.82) is 0 Å². The summed E-state index contributed by atoms with van der Waals surface area (Å²) in [5.41, 5.74) is 0. The summed E-state index contributed by atoms with van der Waals surface area (Å²) in [5, 5.41) is 0. The molecule has 0 heterocycles. The Labute approximate surface area is 271 Å². The normalized spacial score (nSPS) is 11.7. The minimum Gasteiger partial charge on any atom is -0.393 e. The minimum atomic E-state index is -4.64. The van der Waals surface area contributed by atoms with Gasteiger partial charge in [-0.2, -0.15) is 0 Å². The largest absolute Gasteiger partial charge is 0.466 e. The maximum atomic E-state index is 11.9. The van der Waals surface area contributed by atoms with Crippen molar-refractivity contribution in [2.24, 2.45) is 0 Å². The smallest absolute Gasteiger partial charge is 0.393 e. The topological polar surface area (TPSA) is 121 Å². The molecule has 260 valence electrons. The van der Waals surface area contributed by atoms with Crippen molar-refractivity contribution < 1.29 is 33.6 Å². The number of hydrogen-bond donors (Lipinski definition) is 3. The fourth-order valence-electron chi connectivity index (χ4n) is 4.91. The summed E-state index contributed by atoms with van der Waals surface area (Å²) >= 11 is 0. The number of unbranched alkanes of at least 4 members (excludes halogenated alkanes) is 22. The molecule has 0 bridgehead atoms. The Morgan fingerprint density at radius 1 is 0.455 bits per heavy atom. The van der Waals surface area contributed by atoms with Gasteiger partial charge >= 0.3 is 19.8 Å². The fourth-order valence-corrected chi connectivity index (χ4v) is 4.91. The van der Waals surface area contributed by atoms with Crippen LogP contribution in [0, 0.1) is 0 Å². The lowest BCUT2D eigenvalue weighted by Gasteiger charge is -2.04. The third-order valence-electron chi connectivity index (χ3n) is 7.51. The van der Waals surface area contributed by atoms with Gasteiger partial charge in [-0.05, 0) is 64.2 Å². The van der Waals surface area contributed by atoms with Crippen LogP contribution in [-0.2, 0) is 18.9 Å². The van der Waals surface area contributed by atoms with Crippen LogP contribution < -0.4 is 0 Å². The molecule has 0 amide bonds. The first-order chi connectivity index (χ1) is 21.2. The second-order valence-electron chi connectivity index (χ2n) is 12.0. The molecular weight excluding hydrogens is 575 g/mol. The summed E-state index contributed by atoms with van der Waals surface area (Å²) in [6, 6.07) is 0. The van der Waals surface area contributed by atoms with Crippen molar-refractivity contribution in [3.05, 3.63) is 24.3 Å². The van der Waals surface area contributed by atoms with E-state index in [9.17, 15) is 9.59 Å². The molecule has 0 atom stereocenters. The number of carbonyl (C=O) groups is 2. The zero-order valence-corrected chi connectivity index (χ0v) is 29.4. The molecule has 0 radical (unpaired) electrons. The number of hydrogen-bond acceptors (Lipinski definition) is 4. The van der Waals surface area contributed by atoms with Crippen LogP contribution in [0.5, 0.6) is 0 Å². The molecule has 0 rings (SSSR count). The molecule has 0 unspecified atom stereocenters. The Balaban J connectivity index is 0. The summed E-state index contributed by atoms with van der Waals surface area (Å²) in [6.07, 6.45) is 42.2. The van der Waals surface area contributed by atoms with Crippen LogP contribution in [0.4, 0.5) is 0 Å². The van der Waals surface area contributed by atoms with E-state index in [1.165, 1.54) is 128 Å². The van der Waals surface area contributed by atoms with E-state index in [4.69, 9.17) is 24.0 Å². The van der Waals surface area contributed by atoms with Crippen LogP contribution in [0.2, 0.25) is 0 Å². The molecular formula is C36H69O7P. The number of carbonyl (C=O) groups excluding carboxylic acids is 2. The van der Waals surface area contributed by atoms with Crippen LogP contribution in [-0.4, -0.2) is 26.6 Å². The van der Waals surface area contributed by atoms with Crippen LogP contribution >= 0.6 is 7.82 Å². The first-order valence-corrected chi connectivity index (χ1v) is 19.6. The maximum Gasteiger partial charge on any atom is 0.466 e. The highest BCUT2D eigenvalue weighted by molar-refractivity contribution is 7.45. The molecule has 0 aliphatic heterocycles. The molecule has 0 saturated carbocycles. The number of ether oxygens (including phenoxy) is 1. The summed E-state index contributed by atoms with van der Waals surface area (Å²) in [4.78, 5) is 45.3. The summed E-state index contributed by atoms with van der Waals surface area (Å²) in [6.45, 7) is 4.53. The van der Waals surface area contributed by atoms with E-state index >= 15 is 0 Å². The van der Waals surface area contributed by atoms with Crippen LogP contribution in [0.25, 0.3) is 0 Å². The molecule has 3 N–H and O–H groups in total. The summed E-state index contributed by atoms with van der Waals surface area (Å²) < 4.78 is 13.9. The van der Waals surface area contributed by atoms with E-state index in [2.05, 4.69) is 38.2 Å². The first-order valence-electron chi connectivity index (χ1n) is 18.0. The standard InChI is InChI=1S/C36H66O3.H3O4P/c1-3-5-7-9-11-13-15-17-19-21-23-25-27-29-31-33-35(37)39-36(38)34-32-30-28-26-24-22-20-18-16-14-12-10-8-6-4-2;1-5(2,3)4/h17-20H,3-16,21-34H2,1-2H3;(H3,1,2,3,4)/b19-17-,20-18-;. The van der Waals surface area contributed by atoms with E-state index in [0.29, 0.717) is 12.8 Å². The predicted octanol–water partition coefficient (Wildman–Crippen LogP) is 11.2. The Morgan fingerprint density at radius 3 is 0.955 bits per heavy atom. The Bertz CT molecular complexity index is 672. The molecule has 8 heteroatoms. The number of phosphoric acid groups is 1. The maximum absolute atomic E-state index is 11.9. The highest BCUT2D eigenvalue weighted by Gasteiger charge is 2.09. The third kappa shape index (κ3) is 47.7. The lowest BCUT2D eigenvalue weighted by atomic mass is 10.1. The van der Waals surface area contributed by atoms with Gasteiger partial charge in [-0.25, -0.2) is 4.57 Å². The molecule has 44 heavy (non-hydrogen) atoms. The van der Waals surface area contributed by atoms with Gasteiger partial charge in [0.1, 0.15) is 0 Å². The number of esters is 2. The molecule has 0 aromatic heterocycles. The molecule has 0 aromatic rings. The van der Waals surface area contributed by atoms with E-state index in [1.54, 1.807) is 0 Å². The second-order valence-corrected chi connectivity index (χ2v) is 13.1. The summed E-state index contributed by atoms with van der Waals surface area (Å²) in [7, 11) is -4.64. The van der Waals surface area contributed by atoms with Crippen LogP contribution in [0.1, 0.15) is 194 Å². The zero-order chi connectivity index (χ0) is 33.0. The molecule has 0 aliphatic rings. The van der Waals surface area contributed by atoms with Gasteiger partial charge in [0.15, 0.2) is 0 Å². The molecule has 0 aliphatic carbocycles. The van der Waals surface area contributed by atoms with Gasteiger partial charge in [0.25, 0.3) is 0 Å². The zero-order valence-electron chi connectivity index (χ0n) is 28.5. The van der Waals surface area contributed by atoms with Gasteiger partial charge in [-0.1, -0.05) is 141 Å². The molecule has 0 saturated heterocycles. The van der Waals surface area contributed by atoms with Crippen molar-refractivity contribution >= 4 is 19.8 Å². The molecule has 0 fully saturated rings. The van der Waals surface area contributed by atoms with E-state index in [1.807, 2.05) is 0 Å². The highest BCUT2D eigenvalue weighted by Crippen LogP contribution is 2.25. The van der Waals surface area contributed by atoms with Gasteiger partial charge in [0, 0.05) is 12.8 Å². The average Bonchev–Trinajstić information content (AvgIpc) is 2.96. The third-order valence-corrected chi connectivity index (χ3v) is 7.51.